The van der Waals surface area contributed by atoms with E-state index in [4.69, 9.17) is 0 Å². The number of carbonyl (C=O) groups is 1. The van der Waals surface area contributed by atoms with Gasteiger partial charge >= 0.3 is 0 Å². The van der Waals surface area contributed by atoms with Gasteiger partial charge in [-0.05, 0) is 40.8 Å². The summed E-state index contributed by atoms with van der Waals surface area (Å²) in [5.74, 6) is -2.25. The highest BCUT2D eigenvalue weighted by Gasteiger charge is 2.17. The molecule has 0 saturated carbocycles. The number of benzene rings is 2. The summed E-state index contributed by atoms with van der Waals surface area (Å²) in [6.07, 6.45) is 0. The molecule has 0 aliphatic heterocycles. The van der Waals surface area contributed by atoms with E-state index >= 15 is 0 Å². The minimum absolute atomic E-state index is 0.0404. The Bertz CT molecular complexity index is 964. The molecule has 2 aromatic carbocycles. The van der Waals surface area contributed by atoms with Crippen LogP contribution in [0.25, 0.3) is 10.9 Å². The number of nitrogens with one attached hydrogen (secondary N) is 2. The normalized spacial score (nSPS) is 10.8. The number of nitro benzene ring substituents is 1. The molecule has 0 spiro atoms. The molecule has 6 nitrogen and oxygen atoms in total. The third-order valence-corrected chi connectivity index (χ3v) is 4.35. The molecule has 0 aliphatic rings. The van der Waals surface area contributed by atoms with Crippen molar-refractivity contribution in [2.24, 2.45) is 0 Å². The van der Waals surface area contributed by atoms with Crippen molar-refractivity contribution >= 4 is 50.8 Å². The Balaban J connectivity index is 1.95. The number of carbonyl (C=O) groups excluding carboxylic acids is 1. The van der Waals surface area contributed by atoms with Crippen molar-refractivity contribution in [3.8, 4) is 0 Å². The minimum atomic E-state index is -0.793. The Hall–Kier alpha value is -2.56. The Morgan fingerprint density at radius 1 is 1.21 bits per heavy atom. The molecule has 0 radical (unpaired) electrons. The average molecular weight is 443 g/mol. The first kappa shape index (κ1) is 16.3. The molecular weight excluding hydrogens is 435 g/mol. The van der Waals surface area contributed by atoms with Gasteiger partial charge in [0, 0.05) is 17.1 Å². The fourth-order valence-electron chi connectivity index (χ4n) is 2.24. The van der Waals surface area contributed by atoms with Crippen molar-refractivity contribution in [1.29, 1.82) is 0 Å². The summed E-state index contributed by atoms with van der Waals surface area (Å²) in [5.41, 5.74) is 0.0211. The van der Waals surface area contributed by atoms with E-state index in [9.17, 15) is 23.7 Å². The number of hydrogen-bond donors (Lipinski definition) is 2. The summed E-state index contributed by atoms with van der Waals surface area (Å²) in [7, 11) is 0. The molecule has 0 fully saturated rings. The number of fused-ring (bicyclic) bond motifs is 1. The van der Waals surface area contributed by atoms with Crippen LogP contribution >= 0.6 is 22.6 Å². The summed E-state index contributed by atoms with van der Waals surface area (Å²) in [6, 6.07) is 7.84. The van der Waals surface area contributed by atoms with Gasteiger partial charge in [-0.3, -0.25) is 14.9 Å². The number of H-pyrrole nitrogens is 1. The van der Waals surface area contributed by atoms with Crippen LogP contribution in [0.4, 0.5) is 20.2 Å². The highest BCUT2D eigenvalue weighted by Crippen LogP contribution is 2.26. The van der Waals surface area contributed by atoms with Gasteiger partial charge in [0.15, 0.2) is 0 Å². The monoisotopic (exact) mass is 443 g/mol. The van der Waals surface area contributed by atoms with E-state index in [2.05, 4.69) is 10.3 Å². The Labute approximate surface area is 147 Å². The zero-order chi connectivity index (χ0) is 17.4. The smallest absolute Gasteiger partial charge is 0.293 e. The lowest BCUT2D eigenvalue weighted by atomic mass is 10.2. The average Bonchev–Trinajstić information content (AvgIpc) is 2.96. The van der Waals surface area contributed by atoms with Crippen molar-refractivity contribution in [3.05, 3.63) is 67.4 Å². The van der Waals surface area contributed by atoms with Gasteiger partial charge in [-0.15, -0.1) is 0 Å². The lowest BCUT2D eigenvalue weighted by molar-refractivity contribution is -0.383. The maximum atomic E-state index is 13.5. The van der Waals surface area contributed by atoms with Crippen molar-refractivity contribution in [3.63, 3.8) is 0 Å². The summed E-state index contributed by atoms with van der Waals surface area (Å²) >= 11 is 1.52. The van der Waals surface area contributed by atoms with E-state index in [1.165, 1.54) is 40.8 Å². The molecule has 122 valence electrons. The zero-order valence-corrected chi connectivity index (χ0v) is 13.9. The van der Waals surface area contributed by atoms with E-state index in [-0.39, 0.29) is 26.2 Å². The largest absolute Gasteiger partial charge is 0.345 e. The number of halogens is 3. The second-order valence-corrected chi connectivity index (χ2v) is 5.97. The molecule has 3 aromatic rings. The van der Waals surface area contributed by atoms with Crippen LogP contribution in [0, 0.1) is 25.3 Å². The molecule has 0 aliphatic carbocycles. The Kier molecular flexibility index (Phi) is 4.18. The van der Waals surface area contributed by atoms with Crippen LogP contribution in [0.15, 0.2) is 36.4 Å². The van der Waals surface area contributed by atoms with Gasteiger partial charge in [-0.1, -0.05) is 12.1 Å². The van der Waals surface area contributed by atoms with Crippen LogP contribution in [-0.2, 0) is 0 Å². The summed E-state index contributed by atoms with van der Waals surface area (Å²) < 4.78 is 26.9. The highest BCUT2D eigenvalue weighted by molar-refractivity contribution is 14.1. The number of non-ortho nitro benzene ring substituents is 1. The van der Waals surface area contributed by atoms with Crippen molar-refractivity contribution in [2.45, 2.75) is 0 Å². The van der Waals surface area contributed by atoms with E-state index in [1.807, 2.05) is 0 Å². The fourth-order valence-corrected chi connectivity index (χ4v) is 2.55. The molecule has 0 atom stereocenters. The van der Waals surface area contributed by atoms with Gasteiger partial charge in [0.2, 0.25) is 0 Å². The molecule has 2 N–H and O–H groups in total. The second-order valence-electron chi connectivity index (χ2n) is 4.89. The van der Waals surface area contributed by atoms with Gasteiger partial charge in [0.1, 0.15) is 22.8 Å². The molecule has 0 saturated heterocycles. The van der Waals surface area contributed by atoms with Crippen molar-refractivity contribution in [1.82, 2.24) is 4.98 Å². The number of rotatable bonds is 3. The Morgan fingerprint density at radius 2 is 1.88 bits per heavy atom. The molecule has 1 heterocycles. The number of anilines is 1. The van der Waals surface area contributed by atoms with Crippen molar-refractivity contribution in [2.75, 3.05) is 5.32 Å². The number of aromatic amines is 1. The predicted molar refractivity (Wildman–Crippen MR) is 92.0 cm³/mol. The zero-order valence-electron chi connectivity index (χ0n) is 11.8. The molecular formula is C15H8F2IN3O3. The number of para-hydroxylation sites is 1. The lowest BCUT2D eigenvalue weighted by Gasteiger charge is -2.05. The summed E-state index contributed by atoms with van der Waals surface area (Å²) in [5, 5.41) is 13.8. The third kappa shape index (κ3) is 2.94. The standard InChI is InChI=1S/C15H8F2IN3O3/c16-9-5-8(6-10(17)13(9)18)19-15(22)11-4-7-2-1-3-12(21(23)24)14(7)20-11/h1-6,20H,(H,19,22). The third-order valence-electron chi connectivity index (χ3n) is 3.32. The molecule has 1 aromatic heterocycles. The van der Waals surface area contributed by atoms with Gasteiger partial charge < -0.3 is 10.3 Å². The SMILES string of the molecule is O=C(Nc1cc(F)c(I)c(F)c1)c1cc2cccc([N+](=O)[O-])c2[nH]1. The summed E-state index contributed by atoms with van der Waals surface area (Å²) in [6.45, 7) is 0. The van der Waals surface area contributed by atoms with E-state index < -0.39 is 22.5 Å². The first-order valence-corrected chi connectivity index (χ1v) is 7.66. The highest BCUT2D eigenvalue weighted by atomic mass is 127. The van der Waals surface area contributed by atoms with Crippen LogP contribution in [0.2, 0.25) is 0 Å². The number of hydrogen-bond acceptors (Lipinski definition) is 3. The second kappa shape index (κ2) is 6.15. The van der Waals surface area contributed by atoms with Crippen LogP contribution < -0.4 is 5.32 Å². The van der Waals surface area contributed by atoms with Crippen LogP contribution in [0.3, 0.4) is 0 Å². The van der Waals surface area contributed by atoms with E-state index in [0.717, 1.165) is 12.1 Å². The van der Waals surface area contributed by atoms with Gasteiger partial charge in [0.05, 0.1) is 8.49 Å². The first-order chi connectivity index (χ1) is 11.4. The van der Waals surface area contributed by atoms with Gasteiger partial charge in [-0.2, -0.15) is 0 Å². The molecule has 24 heavy (non-hydrogen) atoms. The predicted octanol–water partition coefficient (Wildman–Crippen LogP) is 4.21. The topological polar surface area (TPSA) is 88.0 Å². The first-order valence-electron chi connectivity index (χ1n) is 6.59. The van der Waals surface area contributed by atoms with Crippen LogP contribution in [-0.4, -0.2) is 15.8 Å². The maximum absolute atomic E-state index is 13.5. The van der Waals surface area contributed by atoms with Crippen LogP contribution in [0.1, 0.15) is 10.5 Å². The fraction of sp³-hybridized carbons (Fsp3) is 0. The quantitative estimate of drug-likeness (QED) is 0.275. The van der Waals surface area contributed by atoms with Crippen LogP contribution in [0.5, 0.6) is 0 Å². The lowest BCUT2D eigenvalue weighted by Crippen LogP contribution is -2.13. The molecule has 0 unspecified atom stereocenters. The van der Waals surface area contributed by atoms with E-state index in [1.54, 1.807) is 6.07 Å². The van der Waals surface area contributed by atoms with E-state index in [0.29, 0.717) is 5.39 Å². The van der Waals surface area contributed by atoms with Gasteiger partial charge in [-0.25, -0.2) is 8.78 Å². The number of amides is 1. The summed E-state index contributed by atoms with van der Waals surface area (Å²) in [4.78, 5) is 25.3. The molecule has 1 amide bonds. The minimum Gasteiger partial charge on any atom is -0.345 e. The van der Waals surface area contributed by atoms with Crippen molar-refractivity contribution < 1.29 is 18.5 Å². The Morgan fingerprint density at radius 3 is 2.50 bits per heavy atom. The molecule has 3 rings (SSSR count). The maximum Gasteiger partial charge on any atom is 0.293 e. The molecule has 9 heteroatoms. The molecule has 0 bridgehead atoms. The number of nitro groups is 1. The number of aromatic nitrogens is 1. The van der Waals surface area contributed by atoms with Gasteiger partial charge in [0.25, 0.3) is 11.6 Å². The number of nitrogens with zero attached hydrogens (tertiary/aromatic N) is 1.